The maximum Gasteiger partial charge on any atom is 0.260 e. The van der Waals surface area contributed by atoms with Crippen molar-refractivity contribution in [3.05, 3.63) is 11.4 Å². The van der Waals surface area contributed by atoms with Gasteiger partial charge in [0.2, 0.25) is 6.54 Å². The molecule has 0 aromatic heterocycles. The zero-order valence-electron chi connectivity index (χ0n) is 16.7. The molecule has 0 bridgehead atoms. The first-order valence-corrected chi connectivity index (χ1v) is 10.3. The Hall–Kier alpha value is -0.310. The van der Waals surface area contributed by atoms with Gasteiger partial charge in [-0.25, -0.2) is 15.6 Å². The van der Waals surface area contributed by atoms with Crippen LogP contribution in [-0.2, 0) is 13.8 Å². The average Bonchev–Trinajstić information content (AvgIpc) is 3.04. The quantitative estimate of drug-likeness (QED) is 0.363. The van der Waals surface area contributed by atoms with Crippen LogP contribution in [0.4, 0.5) is 4.39 Å². The zero-order chi connectivity index (χ0) is 19.3. The Bertz CT molecular complexity index is 569. The van der Waals surface area contributed by atoms with Crippen molar-refractivity contribution in [2.75, 3.05) is 13.2 Å². The predicted octanol–water partition coefficient (Wildman–Crippen LogP) is 4.19. The topological polar surface area (TPSA) is 35.3 Å². The number of halogens is 1. The summed E-state index contributed by atoms with van der Waals surface area (Å²) in [7, 11) is -1.55. The molecule has 0 aromatic carbocycles. The van der Waals surface area contributed by atoms with Crippen LogP contribution in [0.5, 0.6) is 0 Å². The number of nitrogens with zero attached hydrogens (tertiary/aromatic N) is 2. The molecule has 0 N–H and O–H groups in total. The van der Waals surface area contributed by atoms with E-state index >= 15 is 4.39 Å². The summed E-state index contributed by atoms with van der Waals surface area (Å²) in [6.45, 7) is 17.4. The summed E-state index contributed by atoms with van der Waals surface area (Å²) < 4.78 is 44.3. The second-order valence-corrected chi connectivity index (χ2v) is 9.25. The van der Waals surface area contributed by atoms with Gasteiger partial charge in [-0.1, -0.05) is 0 Å². The molecule has 1 unspecified atom stereocenters. The molecule has 0 radical (unpaired) electrons. The molecule has 3 aliphatic rings. The highest BCUT2D eigenvalue weighted by Gasteiger charge is 2.71. The van der Waals surface area contributed by atoms with Crippen molar-refractivity contribution in [3.8, 4) is 0 Å². The summed E-state index contributed by atoms with van der Waals surface area (Å²) in [5, 5.41) is 0. The standard InChI is InChI=1S/C18H30FN2O3P/c1-11(2)21(12(3)4)25(22-8-7-20-6)24-18-10-14-9-15(14)17(18)23-13(5)16(18)19/h11-17H,7-10H2,1-5H3/t13-,14-,15-,16+,17+,18-,25?/m0/s1/i15D. The minimum Gasteiger partial charge on any atom is -0.369 e. The van der Waals surface area contributed by atoms with Gasteiger partial charge in [-0.3, -0.25) is 0 Å². The Morgan fingerprint density at radius 2 is 2.12 bits per heavy atom. The molecule has 5 nitrogen and oxygen atoms in total. The number of ether oxygens (including phenoxy) is 1. The molecule has 0 spiro atoms. The first kappa shape index (κ1) is 18.1. The molecule has 0 aromatic rings. The maximum atomic E-state index is 15.3. The van der Waals surface area contributed by atoms with E-state index < -0.39 is 38.4 Å². The van der Waals surface area contributed by atoms with E-state index in [-0.39, 0.29) is 31.2 Å². The molecule has 1 aliphatic heterocycles. The molecule has 1 saturated heterocycles. The van der Waals surface area contributed by atoms with E-state index in [9.17, 15) is 0 Å². The number of hydrogen-bond acceptors (Lipinski definition) is 4. The van der Waals surface area contributed by atoms with E-state index in [1.807, 2.05) is 0 Å². The number of rotatable bonds is 8. The summed E-state index contributed by atoms with van der Waals surface area (Å²) in [5.41, 5.74) is -1.10. The Kier molecular flexibility index (Phi) is 5.33. The monoisotopic (exact) mass is 373 g/mol. The smallest absolute Gasteiger partial charge is 0.260 e. The summed E-state index contributed by atoms with van der Waals surface area (Å²) in [5.74, 6) is -0.572. The predicted molar refractivity (Wildman–Crippen MR) is 95.7 cm³/mol. The van der Waals surface area contributed by atoms with Gasteiger partial charge < -0.3 is 18.6 Å². The Morgan fingerprint density at radius 3 is 2.72 bits per heavy atom. The molecule has 7 heteroatoms. The number of fused-ring (bicyclic) bond motifs is 3. The number of alkyl halides is 1. The molecule has 2 saturated carbocycles. The van der Waals surface area contributed by atoms with Crippen molar-refractivity contribution in [1.29, 1.82) is 0 Å². The van der Waals surface area contributed by atoms with Gasteiger partial charge in [0.25, 0.3) is 8.53 Å². The minimum absolute atomic E-state index is 0.143. The van der Waals surface area contributed by atoms with Crippen LogP contribution in [0.3, 0.4) is 0 Å². The zero-order valence-corrected chi connectivity index (χ0v) is 16.6. The molecule has 0 amide bonds. The summed E-state index contributed by atoms with van der Waals surface area (Å²) in [4.78, 5) is 3.34. The van der Waals surface area contributed by atoms with Crippen molar-refractivity contribution >= 4 is 8.53 Å². The van der Waals surface area contributed by atoms with E-state index in [0.717, 1.165) is 6.42 Å². The third-order valence-electron chi connectivity index (χ3n) is 5.32. The first-order chi connectivity index (χ1) is 12.2. The van der Waals surface area contributed by atoms with Crippen LogP contribution in [-0.4, -0.2) is 53.9 Å². The van der Waals surface area contributed by atoms with Gasteiger partial charge in [0.1, 0.15) is 12.2 Å². The molecule has 3 fully saturated rings. The molecule has 1 heterocycles. The lowest BCUT2D eigenvalue weighted by atomic mass is 9.90. The molecule has 3 rings (SSSR count). The van der Waals surface area contributed by atoms with Crippen molar-refractivity contribution in [2.45, 2.75) is 83.5 Å². The molecular formula is C18H30FN2O3P. The normalized spacial score (nSPS) is 43.9. The van der Waals surface area contributed by atoms with Gasteiger partial charge in [-0.2, -0.15) is 0 Å². The first-order valence-electron chi connectivity index (χ1n) is 9.70. The van der Waals surface area contributed by atoms with Crippen LogP contribution in [0.25, 0.3) is 4.85 Å². The van der Waals surface area contributed by atoms with Crippen molar-refractivity contribution < 1.29 is 19.5 Å². The van der Waals surface area contributed by atoms with Gasteiger partial charge in [-0.05, 0) is 59.3 Å². The lowest BCUT2D eigenvalue weighted by Crippen LogP contribution is -2.47. The Labute approximate surface area is 153 Å². The van der Waals surface area contributed by atoms with Gasteiger partial charge in [0.15, 0.2) is 6.17 Å². The summed E-state index contributed by atoms with van der Waals surface area (Å²) in [6.07, 6.45) is -1.10. The molecular weight excluding hydrogens is 342 g/mol. The molecule has 25 heavy (non-hydrogen) atoms. The highest BCUT2D eigenvalue weighted by Crippen LogP contribution is 2.66. The second kappa shape index (κ2) is 7.37. The van der Waals surface area contributed by atoms with Gasteiger partial charge in [-0.15, -0.1) is 0 Å². The third kappa shape index (κ3) is 3.47. The van der Waals surface area contributed by atoms with Crippen LogP contribution in [0, 0.1) is 18.4 Å². The lowest BCUT2D eigenvalue weighted by Gasteiger charge is -2.41. The Balaban J connectivity index is 1.86. The van der Waals surface area contributed by atoms with Gasteiger partial charge in [0, 0.05) is 13.5 Å². The fourth-order valence-electron chi connectivity index (χ4n) is 4.26. The van der Waals surface area contributed by atoms with E-state index in [1.165, 1.54) is 0 Å². The third-order valence-corrected chi connectivity index (χ3v) is 7.52. The van der Waals surface area contributed by atoms with E-state index in [1.54, 1.807) is 6.92 Å². The van der Waals surface area contributed by atoms with E-state index in [2.05, 4.69) is 37.2 Å². The second-order valence-electron chi connectivity index (χ2n) is 7.87. The fraction of sp³-hybridized carbons (Fsp3) is 0.944. The van der Waals surface area contributed by atoms with Gasteiger partial charge >= 0.3 is 0 Å². The molecule has 7 atom stereocenters. The van der Waals surface area contributed by atoms with Crippen LogP contribution >= 0.6 is 8.53 Å². The van der Waals surface area contributed by atoms with Crippen LogP contribution in [0.2, 0.25) is 0 Å². The summed E-state index contributed by atoms with van der Waals surface area (Å²) in [6, 6.07) is 0.310. The fourth-order valence-corrected chi connectivity index (χ4v) is 6.09. The average molecular weight is 373 g/mol. The SMILES string of the molecule is [2H][C@]12C[C@H]1C[C@]1(OP(OCC[N+]#[C-])N(C(C)C)C(C)C)[C@H](F)[C@H](C)O[C@H]21. The Morgan fingerprint density at radius 1 is 1.44 bits per heavy atom. The highest BCUT2D eigenvalue weighted by atomic mass is 31.2. The van der Waals surface area contributed by atoms with Crippen LogP contribution < -0.4 is 0 Å². The van der Waals surface area contributed by atoms with E-state index in [0.29, 0.717) is 6.42 Å². The van der Waals surface area contributed by atoms with E-state index in [4.69, 9.17) is 21.7 Å². The maximum absolute atomic E-state index is 15.3. The molecule has 2 aliphatic carbocycles. The highest BCUT2D eigenvalue weighted by molar-refractivity contribution is 7.44. The minimum atomic E-state index is -1.55. The van der Waals surface area contributed by atoms with Crippen molar-refractivity contribution in [1.82, 2.24) is 4.67 Å². The van der Waals surface area contributed by atoms with Crippen molar-refractivity contribution in [3.63, 3.8) is 0 Å². The van der Waals surface area contributed by atoms with Crippen LogP contribution in [0.1, 0.15) is 48.8 Å². The largest absolute Gasteiger partial charge is 0.369 e. The van der Waals surface area contributed by atoms with Crippen LogP contribution in [0.15, 0.2) is 0 Å². The number of hydrogen-bond donors (Lipinski definition) is 0. The van der Waals surface area contributed by atoms with Gasteiger partial charge in [0.05, 0.1) is 12.2 Å². The lowest BCUT2D eigenvalue weighted by molar-refractivity contribution is -0.0428. The van der Waals surface area contributed by atoms with Crippen molar-refractivity contribution in [2.24, 2.45) is 11.8 Å². The molecule has 142 valence electrons. The summed E-state index contributed by atoms with van der Waals surface area (Å²) >= 11 is 0.